The minimum absolute atomic E-state index is 0.0129. The summed E-state index contributed by atoms with van der Waals surface area (Å²) in [6.45, 7) is 3.01. The highest BCUT2D eigenvalue weighted by Gasteiger charge is 2.31. The lowest BCUT2D eigenvalue weighted by atomic mass is 9.74. The van der Waals surface area contributed by atoms with Crippen LogP contribution in [-0.2, 0) is 0 Å². The van der Waals surface area contributed by atoms with E-state index in [9.17, 15) is 0 Å². The molecule has 1 aromatic rings. The van der Waals surface area contributed by atoms with Crippen molar-refractivity contribution in [3.63, 3.8) is 0 Å². The van der Waals surface area contributed by atoms with Crippen LogP contribution >= 0.6 is 0 Å². The van der Waals surface area contributed by atoms with Gasteiger partial charge in [-0.2, -0.15) is 0 Å². The SMILES string of the molecule is CCCC1CCC(N)(CCOc2ccccc2)CC1. The fraction of sp³-hybridized carbons (Fsp3) is 0.647. The molecule has 1 aliphatic rings. The monoisotopic (exact) mass is 261 g/mol. The zero-order valence-electron chi connectivity index (χ0n) is 12.1. The zero-order valence-corrected chi connectivity index (χ0v) is 12.1. The van der Waals surface area contributed by atoms with Crippen LogP contribution in [0.15, 0.2) is 30.3 Å². The number of nitrogens with two attached hydrogens (primary N) is 1. The molecule has 1 saturated carbocycles. The third-order valence-electron chi connectivity index (χ3n) is 4.41. The van der Waals surface area contributed by atoms with Gasteiger partial charge in [0.15, 0.2) is 0 Å². The first-order valence-electron chi connectivity index (χ1n) is 7.68. The van der Waals surface area contributed by atoms with Crippen LogP contribution in [0.1, 0.15) is 51.9 Å². The molecule has 0 unspecified atom stereocenters. The van der Waals surface area contributed by atoms with E-state index in [1.165, 1.54) is 25.7 Å². The molecule has 0 aromatic heterocycles. The fourth-order valence-electron chi connectivity index (χ4n) is 3.09. The Balaban J connectivity index is 1.71. The normalized spacial score (nSPS) is 27.2. The quantitative estimate of drug-likeness (QED) is 0.835. The lowest BCUT2D eigenvalue weighted by Crippen LogP contribution is -2.44. The van der Waals surface area contributed by atoms with Gasteiger partial charge < -0.3 is 10.5 Å². The van der Waals surface area contributed by atoms with Crippen LogP contribution < -0.4 is 10.5 Å². The molecule has 1 fully saturated rings. The Morgan fingerprint density at radius 3 is 2.53 bits per heavy atom. The molecule has 1 aliphatic carbocycles. The van der Waals surface area contributed by atoms with Gasteiger partial charge >= 0.3 is 0 Å². The second-order valence-electron chi connectivity index (χ2n) is 6.01. The summed E-state index contributed by atoms with van der Waals surface area (Å²) in [4.78, 5) is 0. The molecule has 0 atom stereocenters. The maximum atomic E-state index is 6.50. The van der Waals surface area contributed by atoms with Crippen molar-refractivity contribution in [2.75, 3.05) is 6.61 Å². The third-order valence-corrected chi connectivity index (χ3v) is 4.41. The summed E-state index contributed by atoms with van der Waals surface area (Å²) in [5.74, 6) is 1.86. The molecule has 19 heavy (non-hydrogen) atoms. The number of rotatable bonds is 6. The van der Waals surface area contributed by atoms with E-state index in [0.29, 0.717) is 0 Å². The Morgan fingerprint density at radius 1 is 1.21 bits per heavy atom. The molecule has 0 amide bonds. The summed E-state index contributed by atoms with van der Waals surface area (Å²) in [7, 11) is 0. The molecule has 0 aliphatic heterocycles. The van der Waals surface area contributed by atoms with Gasteiger partial charge in [-0.25, -0.2) is 0 Å². The van der Waals surface area contributed by atoms with E-state index in [1.54, 1.807) is 0 Å². The van der Waals surface area contributed by atoms with E-state index in [1.807, 2.05) is 30.3 Å². The van der Waals surface area contributed by atoms with Crippen molar-refractivity contribution in [2.45, 2.75) is 57.4 Å². The summed E-state index contributed by atoms with van der Waals surface area (Å²) >= 11 is 0. The van der Waals surface area contributed by atoms with Crippen LogP contribution in [0, 0.1) is 5.92 Å². The Morgan fingerprint density at radius 2 is 1.89 bits per heavy atom. The van der Waals surface area contributed by atoms with Crippen molar-refractivity contribution in [3.05, 3.63) is 30.3 Å². The topological polar surface area (TPSA) is 35.2 Å². The average Bonchev–Trinajstić information content (AvgIpc) is 2.43. The lowest BCUT2D eigenvalue weighted by molar-refractivity contribution is 0.180. The first-order valence-corrected chi connectivity index (χ1v) is 7.68. The lowest BCUT2D eigenvalue weighted by Gasteiger charge is -2.37. The van der Waals surface area contributed by atoms with Gasteiger partial charge in [0.1, 0.15) is 5.75 Å². The highest BCUT2D eigenvalue weighted by atomic mass is 16.5. The molecule has 106 valence electrons. The maximum Gasteiger partial charge on any atom is 0.119 e. The summed E-state index contributed by atoms with van der Waals surface area (Å²) in [5, 5.41) is 0. The van der Waals surface area contributed by atoms with Crippen LogP contribution in [0.25, 0.3) is 0 Å². The zero-order chi connectivity index (χ0) is 13.6. The molecule has 2 N–H and O–H groups in total. The Labute approximate surface area is 117 Å². The Kier molecular flexibility index (Phi) is 5.26. The number of hydrogen-bond donors (Lipinski definition) is 1. The molecular formula is C17H27NO. The fourth-order valence-corrected chi connectivity index (χ4v) is 3.09. The standard InChI is InChI=1S/C17H27NO/c1-2-6-15-9-11-17(18,12-10-15)13-14-19-16-7-4-3-5-8-16/h3-5,7-8,15H,2,6,9-14,18H2,1H3. The van der Waals surface area contributed by atoms with E-state index in [4.69, 9.17) is 10.5 Å². The average molecular weight is 261 g/mol. The van der Waals surface area contributed by atoms with E-state index in [-0.39, 0.29) is 5.54 Å². The second kappa shape index (κ2) is 6.95. The number of para-hydroxylation sites is 1. The first-order chi connectivity index (χ1) is 9.22. The molecule has 2 rings (SSSR count). The number of benzene rings is 1. The summed E-state index contributed by atoms with van der Waals surface area (Å²) in [6, 6.07) is 10.0. The summed E-state index contributed by atoms with van der Waals surface area (Å²) in [5.41, 5.74) is 6.51. The molecule has 2 heteroatoms. The minimum Gasteiger partial charge on any atom is -0.494 e. The first kappa shape index (κ1) is 14.4. The Bertz CT molecular complexity index is 355. The van der Waals surface area contributed by atoms with E-state index in [0.717, 1.165) is 37.5 Å². The molecule has 0 bridgehead atoms. The highest BCUT2D eigenvalue weighted by Crippen LogP contribution is 2.34. The third kappa shape index (κ3) is 4.54. The maximum absolute atomic E-state index is 6.50. The largest absolute Gasteiger partial charge is 0.494 e. The van der Waals surface area contributed by atoms with Crippen LogP contribution in [0.5, 0.6) is 5.75 Å². The van der Waals surface area contributed by atoms with E-state index >= 15 is 0 Å². The highest BCUT2D eigenvalue weighted by molar-refractivity contribution is 5.20. The van der Waals surface area contributed by atoms with E-state index in [2.05, 4.69) is 6.92 Å². The molecule has 0 spiro atoms. The predicted molar refractivity (Wildman–Crippen MR) is 80.3 cm³/mol. The molecule has 2 nitrogen and oxygen atoms in total. The number of hydrogen-bond acceptors (Lipinski definition) is 2. The van der Waals surface area contributed by atoms with Crippen LogP contribution in [-0.4, -0.2) is 12.1 Å². The summed E-state index contributed by atoms with van der Waals surface area (Å²) < 4.78 is 5.77. The molecular weight excluding hydrogens is 234 g/mol. The molecule has 0 radical (unpaired) electrons. The molecule has 0 saturated heterocycles. The van der Waals surface area contributed by atoms with Gasteiger partial charge in [0.05, 0.1) is 6.61 Å². The van der Waals surface area contributed by atoms with Gasteiger partial charge in [-0.1, -0.05) is 38.0 Å². The van der Waals surface area contributed by atoms with Gasteiger partial charge in [0.25, 0.3) is 0 Å². The van der Waals surface area contributed by atoms with Gasteiger partial charge in [-0.05, 0) is 50.2 Å². The van der Waals surface area contributed by atoms with Crippen molar-refractivity contribution >= 4 is 0 Å². The van der Waals surface area contributed by atoms with Gasteiger partial charge in [-0.15, -0.1) is 0 Å². The van der Waals surface area contributed by atoms with Gasteiger partial charge in [-0.3, -0.25) is 0 Å². The van der Waals surface area contributed by atoms with Crippen molar-refractivity contribution in [2.24, 2.45) is 11.7 Å². The van der Waals surface area contributed by atoms with Crippen LogP contribution in [0.2, 0.25) is 0 Å². The van der Waals surface area contributed by atoms with Crippen LogP contribution in [0.3, 0.4) is 0 Å². The summed E-state index contributed by atoms with van der Waals surface area (Å²) in [6.07, 6.45) is 8.58. The minimum atomic E-state index is 0.0129. The van der Waals surface area contributed by atoms with Crippen molar-refractivity contribution in [1.82, 2.24) is 0 Å². The van der Waals surface area contributed by atoms with Crippen molar-refractivity contribution in [1.29, 1.82) is 0 Å². The number of ether oxygens (including phenoxy) is 1. The second-order valence-corrected chi connectivity index (χ2v) is 6.01. The van der Waals surface area contributed by atoms with Crippen LogP contribution in [0.4, 0.5) is 0 Å². The molecule has 0 heterocycles. The Hall–Kier alpha value is -1.02. The smallest absolute Gasteiger partial charge is 0.119 e. The predicted octanol–water partition coefficient (Wildman–Crippen LogP) is 4.14. The van der Waals surface area contributed by atoms with Gasteiger partial charge in [0.2, 0.25) is 0 Å². The van der Waals surface area contributed by atoms with E-state index < -0.39 is 0 Å². The molecule has 1 aromatic carbocycles. The van der Waals surface area contributed by atoms with Crippen molar-refractivity contribution < 1.29 is 4.74 Å². The van der Waals surface area contributed by atoms with Gasteiger partial charge in [0, 0.05) is 5.54 Å². The van der Waals surface area contributed by atoms with Crippen molar-refractivity contribution in [3.8, 4) is 5.75 Å².